The van der Waals surface area contributed by atoms with Gasteiger partial charge in [-0.25, -0.2) is 13.1 Å². The fourth-order valence-corrected chi connectivity index (χ4v) is 2.89. The summed E-state index contributed by atoms with van der Waals surface area (Å²) in [6.07, 6.45) is 1.52. The first-order chi connectivity index (χ1) is 7.06. The van der Waals surface area contributed by atoms with E-state index in [1.807, 2.05) is 14.0 Å². The van der Waals surface area contributed by atoms with Crippen molar-refractivity contribution < 1.29 is 13.2 Å². The molecule has 1 rings (SSSR count). The smallest absolute Gasteiger partial charge is 0.216 e. The van der Waals surface area contributed by atoms with Gasteiger partial charge in [-0.2, -0.15) is 0 Å². The predicted molar refractivity (Wildman–Crippen MR) is 59.3 cm³/mol. The molecule has 0 aliphatic carbocycles. The molecule has 1 aliphatic heterocycles. The first kappa shape index (κ1) is 12.9. The van der Waals surface area contributed by atoms with Crippen LogP contribution in [0.1, 0.15) is 19.8 Å². The van der Waals surface area contributed by atoms with Gasteiger partial charge in [0, 0.05) is 19.2 Å². The molecule has 6 heteroatoms. The number of hydrogen-bond donors (Lipinski definition) is 2. The largest absolute Gasteiger partial charge is 0.380 e. The third-order valence-electron chi connectivity index (χ3n) is 2.64. The summed E-state index contributed by atoms with van der Waals surface area (Å²) < 4.78 is 31.4. The molecule has 0 bridgehead atoms. The van der Waals surface area contributed by atoms with Crippen LogP contribution in [0, 0.1) is 0 Å². The number of sulfonamides is 1. The minimum Gasteiger partial charge on any atom is -0.380 e. The highest BCUT2D eigenvalue weighted by molar-refractivity contribution is 7.90. The first-order valence-electron chi connectivity index (χ1n) is 5.29. The molecule has 0 aromatic rings. The van der Waals surface area contributed by atoms with Crippen molar-refractivity contribution in [2.75, 3.05) is 26.8 Å². The van der Waals surface area contributed by atoms with Gasteiger partial charge in [-0.3, -0.25) is 0 Å². The SMILES string of the molecule is CNC(C)CNS(=O)(=O)C1CCCOC1. The molecule has 0 aromatic heterocycles. The molecule has 1 heterocycles. The number of rotatable bonds is 5. The van der Waals surface area contributed by atoms with Gasteiger partial charge in [-0.1, -0.05) is 0 Å². The van der Waals surface area contributed by atoms with Crippen LogP contribution in [0.4, 0.5) is 0 Å². The van der Waals surface area contributed by atoms with Crippen LogP contribution in [0.15, 0.2) is 0 Å². The Kier molecular flexibility index (Phi) is 4.98. The predicted octanol–water partition coefficient (Wildman–Crippen LogP) is -0.307. The number of nitrogens with one attached hydrogen (secondary N) is 2. The molecule has 15 heavy (non-hydrogen) atoms. The highest BCUT2D eigenvalue weighted by Crippen LogP contribution is 2.13. The standard InChI is InChI=1S/C9H20N2O3S/c1-8(10-2)6-11-15(12,13)9-4-3-5-14-7-9/h8-11H,3-7H2,1-2H3. The lowest BCUT2D eigenvalue weighted by Gasteiger charge is -2.23. The van der Waals surface area contributed by atoms with E-state index in [-0.39, 0.29) is 11.3 Å². The van der Waals surface area contributed by atoms with Gasteiger partial charge >= 0.3 is 0 Å². The maximum Gasteiger partial charge on any atom is 0.216 e. The highest BCUT2D eigenvalue weighted by atomic mass is 32.2. The molecule has 1 aliphatic rings. The summed E-state index contributed by atoms with van der Waals surface area (Å²) in [6.45, 7) is 3.36. The second-order valence-electron chi connectivity index (χ2n) is 3.92. The van der Waals surface area contributed by atoms with Gasteiger partial charge in [0.15, 0.2) is 0 Å². The van der Waals surface area contributed by atoms with E-state index in [2.05, 4.69) is 10.0 Å². The van der Waals surface area contributed by atoms with Crippen molar-refractivity contribution in [3.05, 3.63) is 0 Å². The molecular weight excluding hydrogens is 216 g/mol. The lowest BCUT2D eigenvalue weighted by atomic mass is 10.2. The van der Waals surface area contributed by atoms with E-state index in [1.165, 1.54) is 0 Å². The van der Waals surface area contributed by atoms with E-state index in [4.69, 9.17) is 4.74 Å². The van der Waals surface area contributed by atoms with Crippen LogP contribution >= 0.6 is 0 Å². The molecule has 2 N–H and O–H groups in total. The Hall–Kier alpha value is -0.170. The van der Waals surface area contributed by atoms with E-state index in [0.29, 0.717) is 26.2 Å². The Balaban J connectivity index is 2.43. The minimum absolute atomic E-state index is 0.143. The van der Waals surface area contributed by atoms with Crippen LogP contribution < -0.4 is 10.0 Å². The van der Waals surface area contributed by atoms with Crippen molar-refractivity contribution in [2.24, 2.45) is 0 Å². The number of ether oxygens (including phenoxy) is 1. The molecule has 0 spiro atoms. The van der Waals surface area contributed by atoms with Gasteiger partial charge in [0.2, 0.25) is 10.0 Å². The summed E-state index contributed by atoms with van der Waals surface area (Å²) in [5.41, 5.74) is 0. The summed E-state index contributed by atoms with van der Waals surface area (Å²) in [5, 5.41) is 2.60. The lowest BCUT2D eigenvalue weighted by molar-refractivity contribution is 0.0988. The Morgan fingerprint density at radius 2 is 2.27 bits per heavy atom. The van der Waals surface area contributed by atoms with Crippen molar-refractivity contribution in [3.8, 4) is 0 Å². The average Bonchev–Trinajstić information content (AvgIpc) is 2.27. The molecule has 2 unspecified atom stereocenters. The maximum atomic E-state index is 11.8. The summed E-state index contributed by atoms with van der Waals surface area (Å²) in [6, 6.07) is 0.143. The molecule has 0 saturated carbocycles. The number of hydrogen-bond acceptors (Lipinski definition) is 4. The van der Waals surface area contributed by atoms with Gasteiger partial charge in [0.05, 0.1) is 11.9 Å². The average molecular weight is 236 g/mol. The zero-order valence-electron chi connectivity index (χ0n) is 9.32. The molecule has 2 atom stereocenters. The monoisotopic (exact) mass is 236 g/mol. The number of likely N-dealkylation sites (N-methyl/N-ethyl adjacent to an activating group) is 1. The Morgan fingerprint density at radius 3 is 2.80 bits per heavy atom. The summed E-state index contributed by atoms with van der Waals surface area (Å²) >= 11 is 0. The van der Waals surface area contributed by atoms with Crippen molar-refractivity contribution in [1.29, 1.82) is 0 Å². The van der Waals surface area contributed by atoms with Crippen LogP contribution in [0.25, 0.3) is 0 Å². The lowest BCUT2D eigenvalue weighted by Crippen LogP contribution is -2.44. The van der Waals surface area contributed by atoms with Gasteiger partial charge in [0.1, 0.15) is 0 Å². The van der Waals surface area contributed by atoms with Gasteiger partial charge in [-0.15, -0.1) is 0 Å². The maximum absolute atomic E-state index is 11.8. The van der Waals surface area contributed by atoms with Crippen molar-refractivity contribution in [3.63, 3.8) is 0 Å². The molecule has 0 radical (unpaired) electrons. The zero-order chi connectivity index (χ0) is 11.3. The van der Waals surface area contributed by atoms with E-state index < -0.39 is 10.0 Å². The van der Waals surface area contributed by atoms with E-state index in [0.717, 1.165) is 6.42 Å². The normalized spacial score (nSPS) is 25.1. The van der Waals surface area contributed by atoms with Crippen molar-refractivity contribution in [2.45, 2.75) is 31.1 Å². The van der Waals surface area contributed by atoms with Crippen LogP contribution in [0.3, 0.4) is 0 Å². The second-order valence-corrected chi connectivity index (χ2v) is 5.97. The van der Waals surface area contributed by atoms with Crippen LogP contribution in [0.5, 0.6) is 0 Å². The molecule has 0 amide bonds. The van der Waals surface area contributed by atoms with Gasteiger partial charge in [-0.05, 0) is 26.8 Å². The first-order valence-corrected chi connectivity index (χ1v) is 6.84. The van der Waals surface area contributed by atoms with Crippen molar-refractivity contribution >= 4 is 10.0 Å². The molecule has 1 fully saturated rings. The molecule has 90 valence electrons. The molecule has 0 aromatic carbocycles. The highest BCUT2D eigenvalue weighted by Gasteiger charge is 2.27. The summed E-state index contributed by atoms with van der Waals surface area (Å²) in [4.78, 5) is 0. The van der Waals surface area contributed by atoms with Gasteiger partial charge in [0.25, 0.3) is 0 Å². The second kappa shape index (κ2) is 5.79. The molecular formula is C9H20N2O3S. The third kappa shape index (κ3) is 4.06. The third-order valence-corrected chi connectivity index (χ3v) is 4.46. The topological polar surface area (TPSA) is 67.4 Å². The van der Waals surface area contributed by atoms with Crippen LogP contribution in [0.2, 0.25) is 0 Å². The fourth-order valence-electron chi connectivity index (χ4n) is 1.42. The zero-order valence-corrected chi connectivity index (χ0v) is 10.1. The van der Waals surface area contributed by atoms with E-state index >= 15 is 0 Å². The molecule has 5 nitrogen and oxygen atoms in total. The van der Waals surface area contributed by atoms with E-state index in [9.17, 15) is 8.42 Å². The van der Waals surface area contributed by atoms with Crippen LogP contribution in [-0.4, -0.2) is 46.5 Å². The molecule has 1 saturated heterocycles. The van der Waals surface area contributed by atoms with Crippen molar-refractivity contribution in [1.82, 2.24) is 10.0 Å². The minimum atomic E-state index is -3.20. The quantitative estimate of drug-likeness (QED) is 0.687. The van der Waals surface area contributed by atoms with E-state index in [1.54, 1.807) is 0 Å². The van der Waals surface area contributed by atoms with Gasteiger partial charge < -0.3 is 10.1 Å². The Labute approximate surface area is 91.6 Å². The van der Waals surface area contributed by atoms with Crippen LogP contribution in [-0.2, 0) is 14.8 Å². The Morgan fingerprint density at radius 1 is 1.53 bits per heavy atom. The fraction of sp³-hybridized carbons (Fsp3) is 1.00. The summed E-state index contributed by atoms with van der Waals surface area (Å²) in [7, 11) is -1.40. The Bertz CT molecular complexity index is 273. The summed E-state index contributed by atoms with van der Waals surface area (Å²) in [5.74, 6) is 0.